The topological polar surface area (TPSA) is 74.2 Å². The summed E-state index contributed by atoms with van der Waals surface area (Å²) in [5.74, 6) is 0.0449. The number of unbranched alkanes of at least 4 members (excludes halogenated alkanes) is 9. The zero-order valence-corrected chi connectivity index (χ0v) is 26.8. The van der Waals surface area contributed by atoms with E-state index in [2.05, 4.69) is 36.2 Å². The molecule has 0 heterocycles. The Morgan fingerprint density at radius 1 is 0.727 bits per heavy atom. The van der Waals surface area contributed by atoms with Gasteiger partial charge in [-0.3, -0.25) is 9.79 Å². The van der Waals surface area contributed by atoms with Crippen LogP contribution in [0.1, 0.15) is 107 Å². The first-order valence-electron chi connectivity index (χ1n) is 16.3. The number of esters is 2. The van der Waals surface area contributed by atoms with Crippen LogP contribution < -0.4 is 4.74 Å². The predicted octanol–water partition coefficient (Wildman–Crippen LogP) is 9.90. The fourth-order valence-electron chi connectivity index (χ4n) is 4.86. The molecular weight excluding hydrogens is 550 g/mol. The minimum atomic E-state index is -0.562. The van der Waals surface area contributed by atoms with E-state index in [0.717, 1.165) is 41.2 Å². The quantitative estimate of drug-likeness (QED) is 0.0734. The first kappa shape index (κ1) is 34.6. The number of rotatable bonds is 20. The first-order valence-corrected chi connectivity index (χ1v) is 16.3. The van der Waals surface area contributed by atoms with E-state index in [9.17, 15) is 9.59 Å². The van der Waals surface area contributed by atoms with Crippen molar-refractivity contribution in [1.29, 1.82) is 0 Å². The van der Waals surface area contributed by atoms with Gasteiger partial charge in [0.15, 0.2) is 0 Å². The number of hydrogen-bond acceptors (Lipinski definition) is 6. The Balaban J connectivity index is 1.38. The molecule has 0 radical (unpaired) electrons. The lowest BCUT2D eigenvalue weighted by atomic mass is 10.0. The van der Waals surface area contributed by atoms with Gasteiger partial charge in [0.2, 0.25) is 0 Å². The van der Waals surface area contributed by atoms with Crippen molar-refractivity contribution >= 4 is 23.8 Å². The summed E-state index contributed by atoms with van der Waals surface area (Å²) in [7, 11) is 0. The van der Waals surface area contributed by atoms with Gasteiger partial charge in [-0.15, -0.1) is 0 Å². The van der Waals surface area contributed by atoms with E-state index in [0.29, 0.717) is 12.2 Å². The normalized spacial score (nSPS) is 11.8. The van der Waals surface area contributed by atoms with Crippen LogP contribution in [0.3, 0.4) is 0 Å². The molecule has 0 aliphatic carbocycles. The van der Waals surface area contributed by atoms with Gasteiger partial charge in [-0.25, -0.2) is 4.79 Å². The molecule has 0 aliphatic heterocycles. The Bertz CT molecular complexity index is 1270. The molecule has 0 aliphatic rings. The second kappa shape index (κ2) is 20.1. The molecule has 44 heavy (non-hydrogen) atoms. The lowest BCUT2D eigenvalue weighted by Crippen LogP contribution is -2.20. The monoisotopic (exact) mass is 599 g/mol. The molecule has 6 heteroatoms. The highest BCUT2D eigenvalue weighted by Crippen LogP contribution is 2.23. The van der Waals surface area contributed by atoms with Crippen LogP contribution in [0.15, 0.2) is 77.8 Å². The van der Waals surface area contributed by atoms with Crippen molar-refractivity contribution in [1.82, 2.24) is 0 Å². The number of hydrogen-bond donors (Lipinski definition) is 0. The van der Waals surface area contributed by atoms with Crippen LogP contribution in [-0.4, -0.2) is 37.5 Å². The molecule has 1 unspecified atom stereocenters. The third-order valence-electron chi connectivity index (χ3n) is 7.40. The van der Waals surface area contributed by atoms with Crippen molar-refractivity contribution in [3.05, 3.63) is 83.9 Å². The van der Waals surface area contributed by atoms with Gasteiger partial charge in [-0.1, -0.05) is 101 Å². The molecule has 236 valence electrons. The van der Waals surface area contributed by atoms with Crippen LogP contribution in [-0.2, 0) is 14.3 Å². The molecule has 0 amide bonds. The van der Waals surface area contributed by atoms with Crippen molar-refractivity contribution in [2.75, 3.05) is 13.2 Å². The maximum absolute atomic E-state index is 12.4. The van der Waals surface area contributed by atoms with Crippen LogP contribution in [0.25, 0.3) is 11.1 Å². The highest BCUT2D eigenvalue weighted by Gasteiger charge is 2.16. The summed E-state index contributed by atoms with van der Waals surface area (Å²) in [4.78, 5) is 28.5. The molecule has 0 saturated heterocycles. The summed E-state index contributed by atoms with van der Waals surface area (Å²) in [6.45, 7) is 6.75. The van der Waals surface area contributed by atoms with E-state index in [1.165, 1.54) is 57.8 Å². The van der Waals surface area contributed by atoms with Crippen LogP contribution in [0, 0.1) is 0 Å². The molecule has 0 fully saturated rings. The molecule has 3 rings (SSSR count). The van der Waals surface area contributed by atoms with E-state index in [-0.39, 0.29) is 12.4 Å². The maximum Gasteiger partial charge on any atom is 0.338 e. The SMILES string of the molecule is CCCCCCCCCCCCOc1ccc(-c2ccc(C=Nc3ccc(C(=O)OC(C)CC(=O)OCC)cc3)cc2)cc1. The Morgan fingerprint density at radius 2 is 1.30 bits per heavy atom. The Kier molecular flexibility index (Phi) is 15.8. The standard InChI is InChI=1S/C38H49NO5/c1-4-6-7-8-9-10-11-12-13-14-27-43-36-25-21-33(22-26-36)32-17-15-31(16-18-32)29-39-35-23-19-34(20-24-35)38(41)44-30(3)28-37(40)42-5-2/h15-26,29-30H,4-14,27-28H2,1-3H3. The van der Waals surface area contributed by atoms with Gasteiger partial charge in [0, 0.05) is 6.21 Å². The van der Waals surface area contributed by atoms with E-state index >= 15 is 0 Å². The highest BCUT2D eigenvalue weighted by molar-refractivity contribution is 5.90. The van der Waals surface area contributed by atoms with E-state index in [1.807, 2.05) is 24.3 Å². The number of carbonyl (C=O) groups excluding carboxylic acids is 2. The van der Waals surface area contributed by atoms with Gasteiger partial charge in [-0.05, 0) is 73.4 Å². The maximum atomic E-state index is 12.4. The molecule has 3 aromatic carbocycles. The second-order valence-corrected chi connectivity index (χ2v) is 11.2. The van der Waals surface area contributed by atoms with Crippen molar-refractivity contribution in [2.24, 2.45) is 4.99 Å². The molecule has 0 bridgehead atoms. The Morgan fingerprint density at radius 3 is 1.89 bits per heavy atom. The van der Waals surface area contributed by atoms with E-state index in [1.54, 1.807) is 44.3 Å². The summed E-state index contributed by atoms with van der Waals surface area (Å²) in [6, 6.07) is 23.4. The van der Waals surface area contributed by atoms with Gasteiger partial charge in [0.1, 0.15) is 11.9 Å². The highest BCUT2D eigenvalue weighted by atomic mass is 16.6. The van der Waals surface area contributed by atoms with Crippen molar-refractivity contribution in [3.8, 4) is 16.9 Å². The van der Waals surface area contributed by atoms with Gasteiger partial charge >= 0.3 is 11.9 Å². The summed E-state index contributed by atoms with van der Waals surface area (Å²) >= 11 is 0. The van der Waals surface area contributed by atoms with Gasteiger partial charge in [0.25, 0.3) is 0 Å². The smallest absolute Gasteiger partial charge is 0.338 e. The minimum Gasteiger partial charge on any atom is -0.494 e. The Hall–Kier alpha value is -3.93. The average molecular weight is 600 g/mol. The first-order chi connectivity index (χ1) is 21.5. The van der Waals surface area contributed by atoms with Gasteiger partial charge in [0.05, 0.1) is 30.9 Å². The number of benzene rings is 3. The molecule has 0 aromatic heterocycles. The molecule has 1 atom stereocenters. The number of aliphatic imine (C=N–C) groups is 1. The van der Waals surface area contributed by atoms with Crippen LogP contribution >= 0.6 is 0 Å². The fourth-order valence-corrected chi connectivity index (χ4v) is 4.86. The molecule has 0 spiro atoms. The second-order valence-electron chi connectivity index (χ2n) is 11.2. The van der Waals surface area contributed by atoms with Gasteiger partial charge < -0.3 is 14.2 Å². The molecule has 6 nitrogen and oxygen atoms in total. The van der Waals surface area contributed by atoms with Gasteiger partial charge in [-0.2, -0.15) is 0 Å². The molecule has 3 aromatic rings. The Labute approximate surface area is 263 Å². The lowest BCUT2D eigenvalue weighted by molar-refractivity contribution is -0.145. The van der Waals surface area contributed by atoms with Crippen LogP contribution in [0.4, 0.5) is 5.69 Å². The number of ether oxygens (including phenoxy) is 3. The number of carbonyl (C=O) groups is 2. The summed E-state index contributed by atoms with van der Waals surface area (Å²) in [5.41, 5.74) is 4.36. The fraction of sp³-hybridized carbons (Fsp3) is 0.447. The van der Waals surface area contributed by atoms with E-state index in [4.69, 9.17) is 14.2 Å². The number of nitrogens with zero attached hydrogens (tertiary/aromatic N) is 1. The third kappa shape index (κ3) is 13.2. The van der Waals surface area contributed by atoms with Crippen LogP contribution in [0.5, 0.6) is 5.75 Å². The zero-order chi connectivity index (χ0) is 31.4. The summed E-state index contributed by atoms with van der Waals surface area (Å²) in [6.07, 6.45) is 14.5. The summed E-state index contributed by atoms with van der Waals surface area (Å²) in [5, 5.41) is 0. The molecule has 0 N–H and O–H groups in total. The zero-order valence-electron chi connectivity index (χ0n) is 26.8. The van der Waals surface area contributed by atoms with Crippen molar-refractivity contribution in [2.45, 2.75) is 97.5 Å². The minimum absolute atomic E-state index is 0.0277. The average Bonchev–Trinajstić information content (AvgIpc) is 3.03. The summed E-state index contributed by atoms with van der Waals surface area (Å²) < 4.78 is 16.2. The third-order valence-corrected chi connectivity index (χ3v) is 7.40. The van der Waals surface area contributed by atoms with E-state index < -0.39 is 12.1 Å². The van der Waals surface area contributed by atoms with Crippen LogP contribution in [0.2, 0.25) is 0 Å². The molecule has 0 saturated carbocycles. The molecular formula is C38H49NO5. The lowest BCUT2D eigenvalue weighted by Gasteiger charge is -2.12. The largest absolute Gasteiger partial charge is 0.494 e. The predicted molar refractivity (Wildman–Crippen MR) is 179 cm³/mol. The van der Waals surface area contributed by atoms with Crippen molar-refractivity contribution < 1.29 is 23.8 Å². The van der Waals surface area contributed by atoms with Crippen molar-refractivity contribution in [3.63, 3.8) is 0 Å².